The van der Waals surface area contributed by atoms with Crippen LogP contribution in [0.15, 0.2) is 24.3 Å². The molecule has 2 heterocycles. The number of nitrogens with zero attached hydrogens (tertiary/aromatic N) is 1. The van der Waals surface area contributed by atoms with E-state index in [1.807, 2.05) is 17.0 Å². The van der Waals surface area contributed by atoms with Crippen molar-refractivity contribution in [3.63, 3.8) is 0 Å². The van der Waals surface area contributed by atoms with Crippen molar-refractivity contribution in [2.24, 2.45) is 17.8 Å². The summed E-state index contributed by atoms with van der Waals surface area (Å²) < 4.78 is 0. The van der Waals surface area contributed by atoms with E-state index in [4.69, 9.17) is 0 Å². The SMILES string of the molecule is CC(C)Cc1ccc(C(=O)C2CCN(C(=O)CCC3CCNC3)CC2)cc1.Cl. The molecule has 3 rings (SSSR count). The normalized spacial score (nSPS) is 20.2. The molecule has 1 amide bonds. The van der Waals surface area contributed by atoms with Crippen LogP contribution in [0.5, 0.6) is 0 Å². The van der Waals surface area contributed by atoms with Crippen LogP contribution >= 0.6 is 12.4 Å². The number of hydrogen-bond donors (Lipinski definition) is 1. The summed E-state index contributed by atoms with van der Waals surface area (Å²) in [5, 5.41) is 3.36. The van der Waals surface area contributed by atoms with Crippen molar-refractivity contribution >= 4 is 24.1 Å². The molecule has 0 spiro atoms. The summed E-state index contributed by atoms with van der Waals surface area (Å²) in [5.74, 6) is 1.86. The number of halogens is 1. The Labute approximate surface area is 175 Å². The number of amides is 1. The Bertz CT molecular complexity index is 631. The van der Waals surface area contributed by atoms with Gasteiger partial charge in [0.05, 0.1) is 0 Å². The lowest BCUT2D eigenvalue weighted by Crippen LogP contribution is -2.40. The Kier molecular flexibility index (Phi) is 8.97. The van der Waals surface area contributed by atoms with Gasteiger partial charge in [0.1, 0.15) is 0 Å². The maximum atomic E-state index is 12.8. The van der Waals surface area contributed by atoms with Crippen LogP contribution in [0.1, 0.15) is 61.9 Å². The summed E-state index contributed by atoms with van der Waals surface area (Å²) in [6.07, 6.45) is 5.48. The topological polar surface area (TPSA) is 49.4 Å². The number of benzene rings is 1. The first kappa shape index (κ1) is 22.9. The maximum absolute atomic E-state index is 12.8. The number of Topliss-reactive ketones (excluding diaryl/α,β-unsaturated/α-hetero) is 1. The second kappa shape index (κ2) is 11.0. The summed E-state index contributed by atoms with van der Waals surface area (Å²) in [4.78, 5) is 27.2. The highest BCUT2D eigenvalue weighted by molar-refractivity contribution is 5.98. The molecule has 2 fully saturated rings. The molecule has 1 unspecified atom stereocenters. The molecule has 2 aliphatic heterocycles. The van der Waals surface area contributed by atoms with Gasteiger partial charge in [0.15, 0.2) is 5.78 Å². The average Bonchev–Trinajstić information content (AvgIpc) is 3.19. The van der Waals surface area contributed by atoms with Gasteiger partial charge in [-0.25, -0.2) is 0 Å². The van der Waals surface area contributed by atoms with Crippen molar-refractivity contribution in [3.05, 3.63) is 35.4 Å². The van der Waals surface area contributed by atoms with Gasteiger partial charge in [-0.3, -0.25) is 9.59 Å². The number of carbonyl (C=O) groups is 2. The Morgan fingerprint density at radius 1 is 1.11 bits per heavy atom. The molecule has 1 aromatic carbocycles. The zero-order valence-corrected chi connectivity index (χ0v) is 18.1. The molecule has 0 aromatic heterocycles. The molecule has 1 aromatic rings. The third kappa shape index (κ3) is 6.31. The van der Waals surface area contributed by atoms with Gasteiger partial charge in [0.25, 0.3) is 0 Å². The minimum atomic E-state index is 0. The molecule has 0 radical (unpaired) electrons. The van der Waals surface area contributed by atoms with Gasteiger partial charge < -0.3 is 10.2 Å². The fraction of sp³-hybridized carbons (Fsp3) is 0.652. The third-order valence-electron chi connectivity index (χ3n) is 6.03. The zero-order chi connectivity index (χ0) is 19.2. The molecule has 2 aliphatic rings. The average molecular weight is 407 g/mol. The summed E-state index contributed by atoms with van der Waals surface area (Å²) >= 11 is 0. The molecule has 0 bridgehead atoms. The van der Waals surface area contributed by atoms with E-state index < -0.39 is 0 Å². The van der Waals surface area contributed by atoms with E-state index in [0.717, 1.165) is 57.4 Å². The molecule has 28 heavy (non-hydrogen) atoms. The van der Waals surface area contributed by atoms with E-state index in [1.54, 1.807) is 0 Å². The summed E-state index contributed by atoms with van der Waals surface area (Å²) in [7, 11) is 0. The highest BCUT2D eigenvalue weighted by Crippen LogP contribution is 2.24. The van der Waals surface area contributed by atoms with E-state index in [1.165, 1.54) is 12.0 Å². The maximum Gasteiger partial charge on any atom is 0.222 e. The van der Waals surface area contributed by atoms with E-state index in [9.17, 15) is 9.59 Å². The van der Waals surface area contributed by atoms with Gasteiger partial charge in [-0.1, -0.05) is 38.1 Å². The number of ketones is 1. The molecule has 2 saturated heterocycles. The Morgan fingerprint density at radius 2 is 1.79 bits per heavy atom. The predicted molar refractivity (Wildman–Crippen MR) is 116 cm³/mol. The lowest BCUT2D eigenvalue weighted by Gasteiger charge is -2.31. The van der Waals surface area contributed by atoms with E-state index >= 15 is 0 Å². The van der Waals surface area contributed by atoms with Crippen molar-refractivity contribution in [1.29, 1.82) is 0 Å². The molecular formula is C23H35ClN2O2. The zero-order valence-electron chi connectivity index (χ0n) is 17.3. The van der Waals surface area contributed by atoms with Crippen LogP contribution in [0.25, 0.3) is 0 Å². The molecule has 0 aliphatic carbocycles. The van der Waals surface area contributed by atoms with Gasteiger partial charge in [-0.2, -0.15) is 0 Å². The van der Waals surface area contributed by atoms with Crippen LogP contribution < -0.4 is 5.32 Å². The fourth-order valence-electron chi connectivity index (χ4n) is 4.35. The van der Waals surface area contributed by atoms with Crippen molar-refractivity contribution in [1.82, 2.24) is 10.2 Å². The number of piperidine rings is 1. The molecule has 156 valence electrons. The molecule has 4 nitrogen and oxygen atoms in total. The van der Waals surface area contributed by atoms with Gasteiger partial charge in [0.2, 0.25) is 5.91 Å². The van der Waals surface area contributed by atoms with Crippen LogP contribution in [0.2, 0.25) is 0 Å². The van der Waals surface area contributed by atoms with Crippen LogP contribution in [0.3, 0.4) is 0 Å². The number of hydrogen-bond acceptors (Lipinski definition) is 3. The Morgan fingerprint density at radius 3 is 2.36 bits per heavy atom. The molecule has 1 N–H and O–H groups in total. The second-order valence-electron chi connectivity index (χ2n) is 8.71. The lowest BCUT2D eigenvalue weighted by atomic mass is 9.88. The van der Waals surface area contributed by atoms with Crippen LogP contribution in [0.4, 0.5) is 0 Å². The number of carbonyl (C=O) groups excluding carboxylic acids is 2. The first-order chi connectivity index (χ1) is 13.0. The van der Waals surface area contributed by atoms with Crippen molar-refractivity contribution in [2.75, 3.05) is 26.2 Å². The monoisotopic (exact) mass is 406 g/mol. The molecule has 1 atom stereocenters. The smallest absolute Gasteiger partial charge is 0.222 e. The van der Waals surface area contributed by atoms with Gasteiger partial charge >= 0.3 is 0 Å². The van der Waals surface area contributed by atoms with Crippen molar-refractivity contribution in [2.45, 2.75) is 52.4 Å². The fourth-order valence-corrected chi connectivity index (χ4v) is 4.35. The van der Waals surface area contributed by atoms with Gasteiger partial charge in [0, 0.05) is 31.0 Å². The third-order valence-corrected chi connectivity index (χ3v) is 6.03. The quantitative estimate of drug-likeness (QED) is 0.693. The number of likely N-dealkylation sites (tertiary alicyclic amines) is 1. The van der Waals surface area contributed by atoms with Crippen molar-refractivity contribution in [3.8, 4) is 0 Å². The summed E-state index contributed by atoms with van der Waals surface area (Å²) in [6.45, 7) is 8.01. The minimum absolute atomic E-state index is 0. The lowest BCUT2D eigenvalue weighted by molar-refractivity contribution is -0.132. The van der Waals surface area contributed by atoms with Crippen LogP contribution in [-0.4, -0.2) is 42.8 Å². The number of rotatable bonds is 7. The van der Waals surface area contributed by atoms with E-state index in [0.29, 0.717) is 18.3 Å². The minimum Gasteiger partial charge on any atom is -0.343 e. The standard InChI is InChI=1S/C23H34N2O2.ClH/c1-17(2)15-18-3-6-20(7-4-18)23(27)21-10-13-25(14-11-21)22(26)8-5-19-9-12-24-16-19;/h3-4,6-7,17,19,21,24H,5,8-16H2,1-2H3;1H. The van der Waals surface area contributed by atoms with E-state index in [2.05, 4.69) is 31.3 Å². The number of nitrogens with one attached hydrogen (secondary N) is 1. The van der Waals surface area contributed by atoms with Crippen LogP contribution in [0, 0.1) is 17.8 Å². The van der Waals surface area contributed by atoms with Crippen LogP contribution in [-0.2, 0) is 11.2 Å². The largest absolute Gasteiger partial charge is 0.343 e. The highest BCUT2D eigenvalue weighted by atomic mass is 35.5. The van der Waals surface area contributed by atoms with E-state index in [-0.39, 0.29) is 30.0 Å². The second-order valence-corrected chi connectivity index (χ2v) is 8.71. The summed E-state index contributed by atoms with van der Waals surface area (Å²) in [6, 6.07) is 8.13. The Hall–Kier alpha value is -1.39. The van der Waals surface area contributed by atoms with Gasteiger partial charge in [-0.15, -0.1) is 12.4 Å². The first-order valence-electron chi connectivity index (χ1n) is 10.6. The predicted octanol–water partition coefficient (Wildman–Crippen LogP) is 4.12. The summed E-state index contributed by atoms with van der Waals surface area (Å²) in [5.41, 5.74) is 2.11. The first-order valence-corrected chi connectivity index (χ1v) is 10.6. The Balaban J connectivity index is 0.00000280. The highest BCUT2D eigenvalue weighted by Gasteiger charge is 2.28. The van der Waals surface area contributed by atoms with Gasteiger partial charge in [-0.05, 0) is 62.6 Å². The molecular weight excluding hydrogens is 372 g/mol. The molecule has 5 heteroatoms. The molecule has 0 saturated carbocycles. The van der Waals surface area contributed by atoms with Crippen molar-refractivity contribution < 1.29 is 9.59 Å².